The molecule has 124 valence electrons. The topological polar surface area (TPSA) is 68.0 Å². The average molecular weight is 348 g/mol. The highest BCUT2D eigenvalue weighted by molar-refractivity contribution is 6.30. The van der Waals surface area contributed by atoms with Crippen molar-refractivity contribution in [3.8, 4) is 0 Å². The summed E-state index contributed by atoms with van der Waals surface area (Å²) in [6.07, 6.45) is 1.44. The molecule has 2 heterocycles. The smallest absolute Gasteiger partial charge is 0.257 e. The number of hydrogen-bond acceptors (Lipinski definition) is 4. The van der Waals surface area contributed by atoms with Gasteiger partial charge < -0.3 is 9.84 Å². The highest BCUT2D eigenvalue weighted by Crippen LogP contribution is 2.24. The number of pyridine rings is 1. The maximum atomic E-state index is 13.1. The normalized spacial score (nSPS) is 11.2. The van der Waals surface area contributed by atoms with Gasteiger partial charge in [0, 0.05) is 12.7 Å². The first-order valence-corrected chi connectivity index (χ1v) is 7.81. The van der Waals surface area contributed by atoms with Crippen molar-refractivity contribution in [3.63, 3.8) is 0 Å². The van der Waals surface area contributed by atoms with Gasteiger partial charge >= 0.3 is 0 Å². The summed E-state index contributed by atoms with van der Waals surface area (Å²) in [5.41, 5.74) is 2.27. The van der Waals surface area contributed by atoms with Crippen LogP contribution in [-0.2, 0) is 6.54 Å². The number of carbonyl (C=O) groups is 1. The molecule has 0 radical (unpaired) electrons. The van der Waals surface area contributed by atoms with Gasteiger partial charge in [-0.25, -0.2) is 9.37 Å². The predicted molar refractivity (Wildman–Crippen MR) is 88.5 cm³/mol. The lowest BCUT2D eigenvalue weighted by atomic mass is 10.1. The molecule has 0 aliphatic heterocycles. The fraction of sp³-hybridized carbons (Fsp3) is 0.235. The standard InChI is InChI=1S/C17H15ClFN3O2/c1-9(2)15-12-6-11(8-21-17(12)24-22-15)16(23)20-7-10-3-4-14(19)13(18)5-10/h3-6,8-9H,7H2,1-2H3,(H,20,23). The minimum Gasteiger partial charge on any atom is -0.348 e. The minimum atomic E-state index is -0.491. The molecular weight excluding hydrogens is 333 g/mol. The molecule has 3 aromatic rings. The zero-order chi connectivity index (χ0) is 17.3. The summed E-state index contributed by atoms with van der Waals surface area (Å²) in [5.74, 6) is -0.622. The lowest BCUT2D eigenvalue weighted by molar-refractivity contribution is 0.0950. The zero-order valence-electron chi connectivity index (χ0n) is 13.1. The first-order valence-electron chi connectivity index (χ1n) is 7.43. The van der Waals surface area contributed by atoms with E-state index >= 15 is 0 Å². The largest absolute Gasteiger partial charge is 0.348 e. The van der Waals surface area contributed by atoms with E-state index in [1.165, 1.54) is 18.3 Å². The van der Waals surface area contributed by atoms with Crippen LogP contribution in [0.3, 0.4) is 0 Å². The van der Waals surface area contributed by atoms with Crippen LogP contribution in [0.15, 0.2) is 35.0 Å². The Morgan fingerprint density at radius 2 is 2.17 bits per heavy atom. The Morgan fingerprint density at radius 1 is 1.38 bits per heavy atom. The number of halogens is 2. The molecular formula is C17H15ClFN3O2. The van der Waals surface area contributed by atoms with Crippen molar-refractivity contribution in [2.24, 2.45) is 0 Å². The van der Waals surface area contributed by atoms with E-state index in [2.05, 4.69) is 15.5 Å². The van der Waals surface area contributed by atoms with Gasteiger partial charge in [0.1, 0.15) is 5.82 Å². The quantitative estimate of drug-likeness (QED) is 0.772. The van der Waals surface area contributed by atoms with Crippen LogP contribution in [0.1, 0.15) is 41.4 Å². The molecule has 1 N–H and O–H groups in total. The molecule has 7 heteroatoms. The third kappa shape index (κ3) is 3.23. The highest BCUT2D eigenvalue weighted by Gasteiger charge is 2.15. The van der Waals surface area contributed by atoms with Crippen LogP contribution in [0.2, 0.25) is 5.02 Å². The van der Waals surface area contributed by atoms with E-state index in [-0.39, 0.29) is 23.4 Å². The van der Waals surface area contributed by atoms with E-state index in [4.69, 9.17) is 16.1 Å². The second-order valence-corrected chi connectivity index (χ2v) is 6.14. The average Bonchev–Trinajstić information content (AvgIpc) is 2.99. The number of nitrogens with zero attached hydrogens (tertiary/aromatic N) is 2. The molecule has 1 amide bonds. The van der Waals surface area contributed by atoms with Gasteiger partial charge in [0.15, 0.2) is 0 Å². The Morgan fingerprint density at radius 3 is 2.88 bits per heavy atom. The minimum absolute atomic E-state index is 0.0240. The van der Waals surface area contributed by atoms with Gasteiger partial charge in [-0.2, -0.15) is 0 Å². The van der Waals surface area contributed by atoms with Gasteiger partial charge in [0.2, 0.25) is 0 Å². The number of benzene rings is 1. The first-order chi connectivity index (χ1) is 11.5. The van der Waals surface area contributed by atoms with Gasteiger partial charge in [0.25, 0.3) is 11.6 Å². The zero-order valence-corrected chi connectivity index (χ0v) is 13.9. The molecule has 2 aromatic heterocycles. The Hall–Kier alpha value is -2.47. The SMILES string of the molecule is CC(C)c1noc2ncc(C(=O)NCc3ccc(F)c(Cl)c3)cc12. The van der Waals surface area contributed by atoms with Crippen molar-refractivity contribution in [1.29, 1.82) is 0 Å². The van der Waals surface area contributed by atoms with E-state index in [1.807, 2.05) is 13.8 Å². The molecule has 0 spiro atoms. The molecule has 0 atom stereocenters. The molecule has 0 aliphatic carbocycles. The molecule has 0 saturated heterocycles. The van der Waals surface area contributed by atoms with E-state index < -0.39 is 5.82 Å². The molecule has 0 aliphatic rings. The molecule has 0 bridgehead atoms. The number of amides is 1. The van der Waals surface area contributed by atoms with Crippen molar-refractivity contribution >= 4 is 28.6 Å². The van der Waals surface area contributed by atoms with Crippen LogP contribution in [0, 0.1) is 5.82 Å². The van der Waals surface area contributed by atoms with E-state index in [0.717, 1.165) is 11.1 Å². The Balaban J connectivity index is 1.78. The van der Waals surface area contributed by atoms with Crippen LogP contribution in [0.5, 0.6) is 0 Å². The molecule has 5 nitrogen and oxygen atoms in total. The van der Waals surface area contributed by atoms with Gasteiger partial charge in [0.05, 0.1) is 21.7 Å². The van der Waals surface area contributed by atoms with Crippen molar-refractivity contribution < 1.29 is 13.7 Å². The van der Waals surface area contributed by atoms with Gasteiger partial charge in [-0.3, -0.25) is 4.79 Å². The lowest BCUT2D eigenvalue weighted by Crippen LogP contribution is -2.22. The van der Waals surface area contributed by atoms with Gasteiger partial charge in [-0.05, 0) is 29.7 Å². The molecule has 0 unspecified atom stereocenters. The summed E-state index contributed by atoms with van der Waals surface area (Å²) in [7, 11) is 0. The summed E-state index contributed by atoms with van der Waals surface area (Å²) in [5, 5.41) is 7.49. The van der Waals surface area contributed by atoms with Crippen molar-refractivity contribution in [1.82, 2.24) is 15.5 Å². The Kier molecular flexibility index (Phi) is 4.49. The third-order valence-electron chi connectivity index (χ3n) is 3.60. The van der Waals surface area contributed by atoms with Crippen molar-refractivity contribution in [2.75, 3.05) is 0 Å². The van der Waals surface area contributed by atoms with Crippen LogP contribution < -0.4 is 5.32 Å². The molecule has 3 rings (SSSR count). The summed E-state index contributed by atoms with van der Waals surface area (Å²) in [6, 6.07) is 6.03. The Labute approximate surface area is 142 Å². The maximum absolute atomic E-state index is 13.1. The van der Waals surface area contributed by atoms with E-state index in [1.54, 1.807) is 12.1 Å². The molecule has 24 heavy (non-hydrogen) atoms. The van der Waals surface area contributed by atoms with Crippen LogP contribution in [-0.4, -0.2) is 16.0 Å². The number of hydrogen-bond donors (Lipinski definition) is 1. The van der Waals surface area contributed by atoms with E-state index in [0.29, 0.717) is 16.8 Å². The fourth-order valence-electron chi connectivity index (χ4n) is 2.32. The van der Waals surface area contributed by atoms with Crippen molar-refractivity contribution in [2.45, 2.75) is 26.3 Å². The van der Waals surface area contributed by atoms with Crippen molar-refractivity contribution in [3.05, 3.63) is 58.1 Å². The molecule has 1 aromatic carbocycles. The predicted octanol–water partition coefficient (Wildman–Crippen LogP) is 4.07. The van der Waals surface area contributed by atoms with Gasteiger partial charge in [-0.1, -0.05) is 36.7 Å². The second kappa shape index (κ2) is 6.57. The second-order valence-electron chi connectivity index (χ2n) is 5.73. The summed E-state index contributed by atoms with van der Waals surface area (Å²) in [4.78, 5) is 16.4. The summed E-state index contributed by atoms with van der Waals surface area (Å²) in [6.45, 7) is 4.21. The van der Waals surface area contributed by atoms with Crippen LogP contribution >= 0.6 is 11.6 Å². The Bertz CT molecular complexity index is 908. The van der Waals surface area contributed by atoms with Crippen LogP contribution in [0.4, 0.5) is 4.39 Å². The highest BCUT2D eigenvalue weighted by atomic mass is 35.5. The summed E-state index contributed by atoms with van der Waals surface area (Å²) >= 11 is 5.73. The maximum Gasteiger partial charge on any atom is 0.257 e. The lowest BCUT2D eigenvalue weighted by Gasteiger charge is -2.06. The van der Waals surface area contributed by atoms with E-state index in [9.17, 15) is 9.18 Å². The number of nitrogens with one attached hydrogen (secondary N) is 1. The fourth-order valence-corrected chi connectivity index (χ4v) is 2.53. The summed E-state index contributed by atoms with van der Waals surface area (Å²) < 4.78 is 18.3. The number of aromatic nitrogens is 2. The molecule has 0 saturated carbocycles. The first kappa shape index (κ1) is 16.4. The number of rotatable bonds is 4. The van der Waals surface area contributed by atoms with Gasteiger partial charge in [-0.15, -0.1) is 0 Å². The third-order valence-corrected chi connectivity index (χ3v) is 3.89. The van der Waals surface area contributed by atoms with Crippen LogP contribution in [0.25, 0.3) is 11.1 Å². The number of fused-ring (bicyclic) bond motifs is 1. The number of carbonyl (C=O) groups excluding carboxylic acids is 1. The monoisotopic (exact) mass is 347 g/mol. The molecule has 0 fully saturated rings.